The van der Waals surface area contributed by atoms with Gasteiger partial charge in [0.15, 0.2) is 0 Å². The van der Waals surface area contributed by atoms with Gasteiger partial charge in [-0.3, -0.25) is 0 Å². The Balaban J connectivity index is 2.01. The predicted molar refractivity (Wildman–Crippen MR) is 94.1 cm³/mol. The lowest BCUT2D eigenvalue weighted by Gasteiger charge is -2.16. The molecule has 0 aliphatic carbocycles. The van der Waals surface area contributed by atoms with E-state index in [0.717, 1.165) is 0 Å². The number of nitrogens with one attached hydrogen (secondary N) is 1. The Hall–Kier alpha value is -1.93. The Kier molecular flexibility index (Phi) is 5.10. The highest BCUT2D eigenvalue weighted by atomic mass is 35.5. The van der Waals surface area contributed by atoms with Crippen molar-refractivity contribution in [3.05, 3.63) is 75.9 Å². The predicted octanol–water partition coefficient (Wildman–Crippen LogP) is 3.75. The van der Waals surface area contributed by atoms with Crippen molar-refractivity contribution in [3.63, 3.8) is 0 Å². The average molecular weight is 398 g/mol. The second kappa shape index (κ2) is 7.13. The lowest BCUT2D eigenvalue weighted by Crippen LogP contribution is -2.29. The summed E-state index contributed by atoms with van der Waals surface area (Å²) in [6.45, 7) is 1.63. The van der Waals surface area contributed by atoms with E-state index >= 15 is 0 Å². The van der Waals surface area contributed by atoms with Crippen LogP contribution in [0.3, 0.4) is 0 Å². The summed E-state index contributed by atoms with van der Waals surface area (Å²) in [5.41, 5.74) is 0.662. The highest BCUT2D eigenvalue weighted by Crippen LogP contribution is 2.27. The van der Waals surface area contributed by atoms with Gasteiger partial charge in [-0.05, 0) is 23.8 Å². The van der Waals surface area contributed by atoms with Crippen molar-refractivity contribution in [1.82, 2.24) is 14.9 Å². The number of hydrogen-bond donors (Lipinski definition) is 1. The van der Waals surface area contributed by atoms with E-state index < -0.39 is 16.1 Å². The number of rotatable bonds is 5. The van der Waals surface area contributed by atoms with Crippen LogP contribution in [0.5, 0.6) is 0 Å². The Morgan fingerprint density at radius 1 is 1.04 bits per heavy atom. The smallest absolute Gasteiger partial charge is 0.241 e. The van der Waals surface area contributed by atoms with Crippen molar-refractivity contribution in [3.8, 4) is 0 Å². The van der Waals surface area contributed by atoms with Gasteiger partial charge >= 0.3 is 0 Å². The van der Waals surface area contributed by atoms with Gasteiger partial charge in [0.05, 0.1) is 14.9 Å². The van der Waals surface area contributed by atoms with Crippen LogP contribution in [0.2, 0.25) is 10.0 Å². The van der Waals surface area contributed by atoms with Crippen molar-refractivity contribution in [2.45, 2.75) is 17.9 Å². The van der Waals surface area contributed by atoms with Crippen LogP contribution < -0.4 is 4.72 Å². The number of sulfonamides is 1. The Bertz CT molecular complexity index is 991. The lowest BCUT2D eigenvalue weighted by molar-refractivity contribution is 0.436. The molecule has 1 unspecified atom stereocenters. The van der Waals surface area contributed by atoms with Gasteiger partial charge in [-0.2, -0.15) is 4.72 Å². The number of benzene rings is 2. The van der Waals surface area contributed by atoms with Gasteiger partial charge in [0.2, 0.25) is 21.8 Å². The largest absolute Gasteiger partial charge is 0.423 e. The zero-order chi connectivity index (χ0) is 18.0. The summed E-state index contributed by atoms with van der Waals surface area (Å²) in [7, 11) is -3.91. The molecular formula is C16H13Cl2N3O3S. The van der Waals surface area contributed by atoms with Gasteiger partial charge < -0.3 is 4.42 Å². The molecule has 1 aromatic heterocycles. The molecule has 25 heavy (non-hydrogen) atoms. The van der Waals surface area contributed by atoms with Crippen molar-refractivity contribution in [2.75, 3.05) is 0 Å². The Morgan fingerprint density at radius 2 is 1.76 bits per heavy atom. The third-order valence-electron chi connectivity index (χ3n) is 3.40. The monoisotopic (exact) mass is 397 g/mol. The number of aromatic nitrogens is 2. The molecule has 0 aliphatic rings. The summed E-state index contributed by atoms with van der Waals surface area (Å²) < 4.78 is 33.5. The number of halogens is 2. The van der Waals surface area contributed by atoms with Gasteiger partial charge in [-0.1, -0.05) is 53.5 Å². The van der Waals surface area contributed by atoms with Crippen LogP contribution in [0.25, 0.3) is 0 Å². The van der Waals surface area contributed by atoms with Crippen LogP contribution in [0.4, 0.5) is 0 Å². The minimum absolute atomic E-state index is 0.0148. The van der Waals surface area contributed by atoms with Gasteiger partial charge in [0, 0.05) is 6.92 Å². The third kappa shape index (κ3) is 4.01. The van der Waals surface area contributed by atoms with Gasteiger partial charge in [0.25, 0.3) is 0 Å². The fourth-order valence-electron chi connectivity index (χ4n) is 2.20. The molecule has 0 saturated carbocycles. The maximum atomic E-state index is 12.8. The molecular weight excluding hydrogens is 385 g/mol. The van der Waals surface area contributed by atoms with Gasteiger partial charge in [0.1, 0.15) is 6.04 Å². The summed E-state index contributed by atoms with van der Waals surface area (Å²) in [5, 5.41) is 8.13. The van der Waals surface area contributed by atoms with E-state index in [1.807, 2.05) is 6.07 Å². The molecule has 0 aliphatic heterocycles. The quantitative estimate of drug-likeness (QED) is 0.708. The fraction of sp³-hybridized carbons (Fsp3) is 0.125. The average Bonchev–Trinajstić information content (AvgIpc) is 3.02. The standard InChI is InChI=1S/C16H13Cl2N3O3S/c1-10-19-20-16(24-10)15(11-5-3-2-4-6-11)21-25(22,23)12-7-8-13(17)14(18)9-12/h2-9,15,21H,1H3. The van der Waals surface area contributed by atoms with E-state index in [0.29, 0.717) is 11.5 Å². The maximum Gasteiger partial charge on any atom is 0.241 e. The van der Waals surface area contributed by atoms with Crippen LogP contribution >= 0.6 is 23.2 Å². The normalized spacial score (nSPS) is 12.9. The fourth-order valence-corrected chi connectivity index (χ4v) is 3.77. The van der Waals surface area contributed by atoms with Crippen LogP contribution in [0.1, 0.15) is 23.4 Å². The molecule has 130 valence electrons. The highest BCUT2D eigenvalue weighted by molar-refractivity contribution is 7.89. The molecule has 0 bridgehead atoms. The molecule has 3 aromatic rings. The van der Waals surface area contributed by atoms with Crippen LogP contribution in [0.15, 0.2) is 57.8 Å². The molecule has 6 nitrogen and oxygen atoms in total. The summed E-state index contributed by atoms with van der Waals surface area (Å²) >= 11 is 11.8. The third-order valence-corrected chi connectivity index (χ3v) is 5.56. The van der Waals surface area contributed by atoms with Crippen LogP contribution in [0, 0.1) is 6.92 Å². The van der Waals surface area contributed by atoms with Gasteiger partial charge in [-0.15, -0.1) is 10.2 Å². The number of nitrogens with zero attached hydrogens (tertiary/aromatic N) is 2. The minimum atomic E-state index is -3.91. The Morgan fingerprint density at radius 3 is 2.36 bits per heavy atom. The van der Waals surface area contributed by atoms with Crippen LogP contribution in [-0.2, 0) is 10.0 Å². The topological polar surface area (TPSA) is 85.1 Å². The first-order valence-corrected chi connectivity index (χ1v) is 9.43. The highest BCUT2D eigenvalue weighted by Gasteiger charge is 2.27. The molecule has 2 aromatic carbocycles. The summed E-state index contributed by atoms with van der Waals surface area (Å²) in [5.74, 6) is 0.483. The van der Waals surface area contributed by atoms with E-state index in [4.69, 9.17) is 27.6 Å². The van der Waals surface area contributed by atoms with E-state index in [2.05, 4.69) is 14.9 Å². The molecule has 1 atom stereocenters. The van der Waals surface area contributed by atoms with Crippen molar-refractivity contribution in [2.24, 2.45) is 0 Å². The molecule has 0 spiro atoms. The van der Waals surface area contributed by atoms with E-state index in [9.17, 15) is 8.42 Å². The molecule has 9 heteroatoms. The van der Waals surface area contributed by atoms with Crippen molar-refractivity contribution < 1.29 is 12.8 Å². The molecule has 1 heterocycles. The summed E-state index contributed by atoms with van der Waals surface area (Å²) in [4.78, 5) is -0.0148. The maximum absolute atomic E-state index is 12.8. The molecule has 0 saturated heterocycles. The van der Waals surface area contributed by atoms with E-state index in [1.165, 1.54) is 18.2 Å². The molecule has 1 N–H and O–H groups in total. The molecule has 0 amide bonds. The van der Waals surface area contributed by atoms with Gasteiger partial charge in [-0.25, -0.2) is 8.42 Å². The van der Waals surface area contributed by atoms with E-state index in [-0.39, 0.29) is 20.8 Å². The van der Waals surface area contributed by atoms with Crippen molar-refractivity contribution in [1.29, 1.82) is 0 Å². The first kappa shape index (κ1) is 17.9. The molecule has 0 radical (unpaired) electrons. The summed E-state index contributed by atoms with van der Waals surface area (Å²) in [6.07, 6.45) is 0. The first-order chi connectivity index (χ1) is 11.9. The SMILES string of the molecule is Cc1nnc(C(NS(=O)(=O)c2ccc(Cl)c(Cl)c2)c2ccccc2)o1. The zero-order valence-electron chi connectivity index (χ0n) is 13.0. The van der Waals surface area contributed by atoms with E-state index in [1.54, 1.807) is 31.2 Å². The molecule has 3 rings (SSSR count). The number of aryl methyl sites for hydroxylation is 1. The van der Waals surface area contributed by atoms with Crippen molar-refractivity contribution >= 4 is 33.2 Å². The minimum Gasteiger partial charge on any atom is -0.423 e. The molecule has 0 fully saturated rings. The first-order valence-electron chi connectivity index (χ1n) is 7.19. The second-order valence-corrected chi connectivity index (χ2v) is 7.73. The summed E-state index contributed by atoms with van der Waals surface area (Å²) in [6, 6.07) is 12.2. The Labute approximate surface area is 154 Å². The lowest BCUT2D eigenvalue weighted by atomic mass is 10.1. The second-order valence-electron chi connectivity index (χ2n) is 5.20. The number of hydrogen-bond acceptors (Lipinski definition) is 5. The zero-order valence-corrected chi connectivity index (χ0v) is 15.3. The van der Waals surface area contributed by atoms with Crippen LogP contribution in [-0.4, -0.2) is 18.6 Å².